The Morgan fingerprint density at radius 1 is 1.50 bits per heavy atom. The Kier molecular flexibility index (Phi) is 2.98. The Morgan fingerprint density at radius 2 is 2.14 bits per heavy atom. The van der Waals surface area contributed by atoms with Crippen molar-refractivity contribution in [2.24, 2.45) is 5.92 Å². The first-order chi connectivity index (χ1) is 6.74. The average Bonchev–Trinajstić information content (AvgIpc) is 2.13. The number of nitrogens with zero attached hydrogens (tertiary/aromatic N) is 3. The van der Waals surface area contributed by atoms with Crippen LogP contribution in [0.5, 0.6) is 5.75 Å². The summed E-state index contributed by atoms with van der Waals surface area (Å²) in [6.07, 6.45) is 3.36. The van der Waals surface area contributed by atoms with Gasteiger partial charge in [0.25, 0.3) is 0 Å². The molecule has 14 heavy (non-hydrogen) atoms. The lowest BCUT2D eigenvalue weighted by molar-refractivity contribution is 0.0854. The fourth-order valence-corrected chi connectivity index (χ4v) is 1.73. The van der Waals surface area contributed by atoms with Gasteiger partial charge in [-0.1, -0.05) is 0 Å². The third-order valence-corrected chi connectivity index (χ3v) is 2.63. The molecule has 1 saturated heterocycles. The minimum Gasteiger partial charge on any atom is -0.490 e. The molecule has 1 aromatic rings. The number of hydrogen-bond donors (Lipinski definition) is 0. The number of likely N-dealkylation sites (tertiary alicyclic amines) is 1. The molecule has 1 aliphatic rings. The highest BCUT2D eigenvalue weighted by molar-refractivity contribution is 9.10. The van der Waals surface area contributed by atoms with Crippen molar-refractivity contribution in [2.45, 2.75) is 0 Å². The van der Waals surface area contributed by atoms with Crippen LogP contribution in [-0.4, -0.2) is 41.6 Å². The standard InChI is InChI=1S/C9H12BrN3O/c1-13-4-7(5-13)6-14-8-2-11-9(10)12-3-8/h2-3,7H,4-6H2,1H3. The summed E-state index contributed by atoms with van der Waals surface area (Å²) in [6, 6.07) is 0. The highest BCUT2D eigenvalue weighted by Gasteiger charge is 2.23. The lowest BCUT2D eigenvalue weighted by Crippen LogP contribution is -2.46. The van der Waals surface area contributed by atoms with Gasteiger partial charge in [-0.25, -0.2) is 9.97 Å². The van der Waals surface area contributed by atoms with E-state index in [1.807, 2.05) is 0 Å². The second-order valence-electron chi connectivity index (χ2n) is 3.59. The molecule has 1 aromatic heterocycles. The van der Waals surface area contributed by atoms with Crippen LogP contribution in [0.3, 0.4) is 0 Å². The van der Waals surface area contributed by atoms with Gasteiger partial charge in [-0.2, -0.15) is 0 Å². The third kappa shape index (κ3) is 2.42. The van der Waals surface area contributed by atoms with E-state index >= 15 is 0 Å². The largest absolute Gasteiger partial charge is 0.490 e. The molecule has 1 fully saturated rings. The molecule has 2 heterocycles. The Morgan fingerprint density at radius 3 is 2.71 bits per heavy atom. The van der Waals surface area contributed by atoms with Crippen LogP contribution in [-0.2, 0) is 0 Å². The second kappa shape index (κ2) is 4.23. The van der Waals surface area contributed by atoms with Crippen molar-refractivity contribution < 1.29 is 4.74 Å². The van der Waals surface area contributed by atoms with Gasteiger partial charge >= 0.3 is 0 Å². The predicted molar refractivity (Wildman–Crippen MR) is 56.2 cm³/mol. The highest BCUT2D eigenvalue weighted by Crippen LogP contribution is 2.15. The van der Waals surface area contributed by atoms with Crippen LogP contribution in [0.1, 0.15) is 0 Å². The van der Waals surface area contributed by atoms with Crippen LogP contribution in [0.4, 0.5) is 0 Å². The summed E-state index contributed by atoms with van der Waals surface area (Å²) in [6.45, 7) is 3.00. The second-order valence-corrected chi connectivity index (χ2v) is 4.30. The molecule has 0 aromatic carbocycles. The number of halogens is 1. The number of ether oxygens (including phenoxy) is 1. The molecule has 1 aliphatic heterocycles. The van der Waals surface area contributed by atoms with Crippen LogP contribution in [0, 0.1) is 5.92 Å². The number of rotatable bonds is 3. The van der Waals surface area contributed by atoms with Crippen molar-refractivity contribution in [3.05, 3.63) is 17.1 Å². The van der Waals surface area contributed by atoms with Crippen molar-refractivity contribution in [2.75, 3.05) is 26.7 Å². The molecule has 4 nitrogen and oxygen atoms in total. The van der Waals surface area contributed by atoms with Gasteiger partial charge in [0.1, 0.15) is 0 Å². The van der Waals surface area contributed by atoms with Gasteiger partial charge in [-0.15, -0.1) is 0 Å². The van der Waals surface area contributed by atoms with E-state index in [0.29, 0.717) is 10.7 Å². The molecule has 76 valence electrons. The molecule has 0 saturated carbocycles. The first-order valence-corrected chi connectivity index (χ1v) is 5.32. The first-order valence-electron chi connectivity index (χ1n) is 4.53. The Bertz CT molecular complexity index is 297. The highest BCUT2D eigenvalue weighted by atomic mass is 79.9. The Hall–Kier alpha value is -0.680. The maximum absolute atomic E-state index is 5.54. The van der Waals surface area contributed by atoms with Crippen molar-refractivity contribution >= 4 is 15.9 Å². The Labute approximate surface area is 91.4 Å². The molecular weight excluding hydrogens is 246 g/mol. The number of aromatic nitrogens is 2. The van der Waals surface area contributed by atoms with Gasteiger partial charge in [-0.05, 0) is 23.0 Å². The molecule has 0 radical (unpaired) electrons. The molecule has 0 bridgehead atoms. The molecule has 2 rings (SSSR count). The molecule has 0 spiro atoms. The quantitative estimate of drug-likeness (QED) is 0.763. The van der Waals surface area contributed by atoms with Crippen LogP contribution >= 0.6 is 15.9 Å². The van der Waals surface area contributed by atoms with E-state index < -0.39 is 0 Å². The molecule has 0 N–H and O–H groups in total. The van der Waals surface area contributed by atoms with Gasteiger partial charge in [0.15, 0.2) is 10.5 Å². The maximum atomic E-state index is 5.54. The molecular formula is C9H12BrN3O. The lowest BCUT2D eigenvalue weighted by Gasteiger charge is -2.35. The molecule has 0 atom stereocenters. The van der Waals surface area contributed by atoms with Gasteiger partial charge in [-0.3, -0.25) is 0 Å². The lowest BCUT2D eigenvalue weighted by atomic mass is 10.0. The van der Waals surface area contributed by atoms with E-state index in [2.05, 4.69) is 37.8 Å². The minimum atomic E-state index is 0.591. The molecule has 0 unspecified atom stereocenters. The summed E-state index contributed by atoms with van der Waals surface area (Å²) >= 11 is 3.17. The summed E-state index contributed by atoms with van der Waals surface area (Å²) in [4.78, 5) is 10.2. The summed E-state index contributed by atoms with van der Waals surface area (Å²) < 4.78 is 6.13. The SMILES string of the molecule is CN1CC(COc2cnc(Br)nc2)C1. The van der Waals surface area contributed by atoms with Gasteiger partial charge in [0.05, 0.1) is 19.0 Å². The smallest absolute Gasteiger partial charge is 0.196 e. The molecule has 5 heteroatoms. The van der Waals surface area contributed by atoms with Gasteiger partial charge in [0.2, 0.25) is 0 Å². The Balaban J connectivity index is 1.78. The fraction of sp³-hybridized carbons (Fsp3) is 0.556. The van der Waals surface area contributed by atoms with E-state index in [1.165, 1.54) is 0 Å². The maximum Gasteiger partial charge on any atom is 0.196 e. The van der Waals surface area contributed by atoms with E-state index in [-0.39, 0.29) is 0 Å². The van der Waals surface area contributed by atoms with E-state index in [4.69, 9.17) is 4.74 Å². The normalized spacial score (nSPS) is 17.9. The average molecular weight is 258 g/mol. The van der Waals surface area contributed by atoms with Gasteiger partial charge < -0.3 is 9.64 Å². The summed E-state index contributed by atoms with van der Waals surface area (Å²) in [5.41, 5.74) is 0. The summed E-state index contributed by atoms with van der Waals surface area (Å²) in [5, 5.41) is 0. The monoisotopic (exact) mass is 257 g/mol. The van der Waals surface area contributed by atoms with Crippen LogP contribution in [0.15, 0.2) is 17.1 Å². The fourth-order valence-electron chi connectivity index (χ4n) is 1.52. The summed E-state index contributed by atoms with van der Waals surface area (Å²) in [7, 11) is 2.11. The van der Waals surface area contributed by atoms with E-state index in [0.717, 1.165) is 25.4 Å². The number of hydrogen-bond acceptors (Lipinski definition) is 4. The predicted octanol–water partition coefficient (Wildman–Crippen LogP) is 1.18. The zero-order valence-electron chi connectivity index (χ0n) is 7.98. The third-order valence-electron chi connectivity index (χ3n) is 2.22. The first kappa shape index (κ1) is 9.86. The molecule has 0 amide bonds. The van der Waals surface area contributed by atoms with Crippen molar-refractivity contribution in [3.8, 4) is 5.75 Å². The van der Waals surface area contributed by atoms with Crippen molar-refractivity contribution in [1.82, 2.24) is 14.9 Å². The van der Waals surface area contributed by atoms with Crippen LogP contribution < -0.4 is 4.74 Å². The van der Waals surface area contributed by atoms with E-state index in [1.54, 1.807) is 12.4 Å². The topological polar surface area (TPSA) is 38.2 Å². The van der Waals surface area contributed by atoms with Gasteiger partial charge in [0, 0.05) is 19.0 Å². The molecule has 0 aliphatic carbocycles. The minimum absolute atomic E-state index is 0.591. The summed E-state index contributed by atoms with van der Waals surface area (Å²) in [5.74, 6) is 1.39. The van der Waals surface area contributed by atoms with Crippen molar-refractivity contribution in [1.29, 1.82) is 0 Å². The zero-order valence-corrected chi connectivity index (χ0v) is 9.57. The van der Waals surface area contributed by atoms with Crippen LogP contribution in [0.25, 0.3) is 0 Å². The zero-order chi connectivity index (χ0) is 9.97. The van der Waals surface area contributed by atoms with E-state index in [9.17, 15) is 0 Å². The van der Waals surface area contributed by atoms with Crippen molar-refractivity contribution in [3.63, 3.8) is 0 Å². The van der Waals surface area contributed by atoms with Crippen LogP contribution in [0.2, 0.25) is 0 Å².